The van der Waals surface area contributed by atoms with Crippen molar-refractivity contribution in [2.45, 2.75) is 58.0 Å². The van der Waals surface area contributed by atoms with Gasteiger partial charge < -0.3 is 10.2 Å². The minimum absolute atomic E-state index is 0.0121. The third kappa shape index (κ3) is 7.82. The largest absolute Gasteiger partial charge is 0.354 e. The Labute approximate surface area is 241 Å². The number of unbranched alkanes of at least 4 members (excludes halogenated alkanes) is 1. The van der Waals surface area contributed by atoms with E-state index in [9.17, 15) is 22.4 Å². The fourth-order valence-electron chi connectivity index (χ4n) is 4.01. The van der Waals surface area contributed by atoms with Crippen LogP contribution in [-0.2, 0) is 26.2 Å². The summed E-state index contributed by atoms with van der Waals surface area (Å²) in [4.78, 5) is 28.2. The van der Waals surface area contributed by atoms with E-state index in [1.165, 1.54) is 47.4 Å². The molecule has 0 fully saturated rings. The van der Waals surface area contributed by atoms with Crippen LogP contribution in [0.1, 0.15) is 43.4 Å². The molecule has 10 heteroatoms. The molecule has 0 aromatic heterocycles. The van der Waals surface area contributed by atoms with E-state index in [-0.39, 0.29) is 23.0 Å². The number of rotatable bonds is 12. The van der Waals surface area contributed by atoms with Crippen molar-refractivity contribution in [1.82, 2.24) is 10.2 Å². The summed E-state index contributed by atoms with van der Waals surface area (Å²) in [5.41, 5.74) is 2.44. The molecule has 0 unspecified atom stereocenters. The highest BCUT2D eigenvalue weighted by Gasteiger charge is 2.32. The van der Waals surface area contributed by atoms with E-state index in [0.29, 0.717) is 17.1 Å². The Hall–Kier alpha value is -3.43. The molecule has 3 aromatic rings. The van der Waals surface area contributed by atoms with Gasteiger partial charge in [0, 0.05) is 18.1 Å². The van der Waals surface area contributed by atoms with Gasteiger partial charge in [0.2, 0.25) is 11.8 Å². The van der Waals surface area contributed by atoms with E-state index >= 15 is 0 Å². The first-order valence-corrected chi connectivity index (χ1v) is 14.9. The van der Waals surface area contributed by atoms with Crippen molar-refractivity contribution in [1.29, 1.82) is 0 Å². The molecular weight excluding hydrogens is 553 g/mol. The minimum atomic E-state index is -4.19. The van der Waals surface area contributed by atoms with Crippen molar-refractivity contribution in [3.8, 4) is 0 Å². The van der Waals surface area contributed by atoms with Crippen LogP contribution in [0.2, 0.25) is 5.02 Å². The van der Waals surface area contributed by atoms with Crippen LogP contribution in [0.4, 0.5) is 10.1 Å². The van der Waals surface area contributed by atoms with Gasteiger partial charge in [0.1, 0.15) is 18.4 Å². The first-order chi connectivity index (χ1) is 18.9. The molecule has 0 aliphatic heterocycles. The highest BCUT2D eigenvalue weighted by molar-refractivity contribution is 7.92. The van der Waals surface area contributed by atoms with Crippen molar-refractivity contribution < 1.29 is 22.4 Å². The number of benzene rings is 3. The van der Waals surface area contributed by atoms with Crippen LogP contribution in [0.15, 0.2) is 71.6 Å². The zero-order chi connectivity index (χ0) is 29.4. The smallest absolute Gasteiger partial charge is 0.264 e. The van der Waals surface area contributed by atoms with Crippen LogP contribution in [0.25, 0.3) is 0 Å². The molecular formula is C30H35ClFN3O4S. The zero-order valence-corrected chi connectivity index (χ0v) is 24.7. The van der Waals surface area contributed by atoms with Crippen molar-refractivity contribution in [2.24, 2.45) is 0 Å². The number of carbonyl (C=O) groups excluding carboxylic acids is 2. The number of aryl methyl sites for hydroxylation is 2. The number of nitrogens with one attached hydrogen (secondary N) is 1. The molecule has 3 rings (SSSR count). The fraction of sp³-hybridized carbons (Fsp3) is 0.333. The molecule has 0 saturated heterocycles. The van der Waals surface area contributed by atoms with Crippen molar-refractivity contribution >= 4 is 39.1 Å². The summed E-state index contributed by atoms with van der Waals surface area (Å²) < 4.78 is 42.3. The molecule has 0 heterocycles. The number of sulfonamides is 1. The number of anilines is 1. The van der Waals surface area contributed by atoms with Crippen LogP contribution in [0, 0.1) is 19.7 Å². The SMILES string of the molecule is CCCCNC(=O)[C@H](C)N(Cc1ccc(F)cc1)C(=O)CN(c1ccc(C)c(Cl)c1)S(=O)(=O)c1ccc(C)cc1. The molecule has 0 aliphatic carbocycles. The maximum absolute atomic E-state index is 13.9. The summed E-state index contributed by atoms with van der Waals surface area (Å²) in [5, 5.41) is 3.18. The van der Waals surface area contributed by atoms with Gasteiger partial charge in [-0.25, -0.2) is 12.8 Å². The van der Waals surface area contributed by atoms with Gasteiger partial charge in [-0.3, -0.25) is 13.9 Å². The Morgan fingerprint density at radius 2 is 1.65 bits per heavy atom. The Morgan fingerprint density at radius 3 is 2.25 bits per heavy atom. The zero-order valence-electron chi connectivity index (χ0n) is 23.2. The Kier molecular flexibility index (Phi) is 10.7. The highest BCUT2D eigenvalue weighted by atomic mass is 35.5. The van der Waals surface area contributed by atoms with E-state index < -0.39 is 34.3 Å². The average molecular weight is 588 g/mol. The summed E-state index contributed by atoms with van der Waals surface area (Å²) in [6.45, 7) is 7.08. The number of nitrogens with zero attached hydrogens (tertiary/aromatic N) is 2. The van der Waals surface area contributed by atoms with Crippen molar-refractivity contribution in [3.05, 3.63) is 94.3 Å². The lowest BCUT2D eigenvalue weighted by atomic mass is 10.1. The third-order valence-corrected chi connectivity index (χ3v) is 8.79. The van der Waals surface area contributed by atoms with Crippen molar-refractivity contribution in [2.75, 3.05) is 17.4 Å². The Balaban J connectivity index is 2.02. The molecule has 40 heavy (non-hydrogen) atoms. The summed E-state index contributed by atoms with van der Waals surface area (Å²) in [5.74, 6) is -1.40. The monoisotopic (exact) mass is 587 g/mol. The molecule has 0 aliphatic rings. The number of hydrogen-bond donors (Lipinski definition) is 1. The molecule has 0 saturated carbocycles. The van der Waals surface area contributed by atoms with E-state index in [1.807, 2.05) is 13.8 Å². The van der Waals surface area contributed by atoms with Crippen LogP contribution >= 0.6 is 11.6 Å². The maximum atomic E-state index is 13.9. The maximum Gasteiger partial charge on any atom is 0.264 e. The molecule has 1 atom stereocenters. The minimum Gasteiger partial charge on any atom is -0.354 e. The van der Waals surface area contributed by atoms with Gasteiger partial charge in [-0.1, -0.05) is 60.8 Å². The summed E-state index contributed by atoms with van der Waals surface area (Å²) in [7, 11) is -4.19. The van der Waals surface area contributed by atoms with E-state index in [1.54, 1.807) is 38.1 Å². The molecule has 214 valence electrons. The molecule has 0 bridgehead atoms. The van der Waals surface area contributed by atoms with Gasteiger partial charge in [0.05, 0.1) is 10.6 Å². The highest BCUT2D eigenvalue weighted by Crippen LogP contribution is 2.28. The summed E-state index contributed by atoms with van der Waals surface area (Å²) >= 11 is 6.35. The second kappa shape index (κ2) is 13.8. The normalized spacial score (nSPS) is 12.1. The standard InChI is InChI=1S/C30H35ClFN3O4S/c1-5-6-17-33-30(37)23(4)34(19-24-10-12-25(32)13-11-24)29(36)20-35(26-14-9-22(3)28(31)18-26)40(38,39)27-15-7-21(2)8-16-27/h7-16,18,23H,5-6,17,19-20H2,1-4H3,(H,33,37)/t23-/m0/s1. The lowest BCUT2D eigenvalue weighted by Crippen LogP contribution is -2.51. The number of halogens is 2. The number of amides is 2. The molecule has 2 amide bonds. The van der Waals surface area contributed by atoms with Gasteiger partial charge in [0.25, 0.3) is 10.0 Å². The lowest BCUT2D eigenvalue weighted by molar-refractivity contribution is -0.139. The van der Waals surface area contributed by atoms with E-state index in [2.05, 4.69) is 5.32 Å². The van der Waals surface area contributed by atoms with Gasteiger partial charge in [-0.2, -0.15) is 0 Å². The van der Waals surface area contributed by atoms with Crippen molar-refractivity contribution in [3.63, 3.8) is 0 Å². The predicted molar refractivity (Wildman–Crippen MR) is 156 cm³/mol. The Bertz CT molecular complexity index is 1430. The molecule has 0 radical (unpaired) electrons. The fourth-order valence-corrected chi connectivity index (χ4v) is 5.59. The van der Waals surface area contributed by atoms with Gasteiger partial charge in [-0.15, -0.1) is 0 Å². The van der Waals surface area contributed by atoms with Crippen LogP contribution in [0.3, 0.4) is 0 Å². The van der Waals surface area contributed by atoms with E-state index in [4.69, 9.17) is 11.6 Å². The molecule has 3 aromatic carbocycles. The third-order valence-electron chi connectivity index (χ3n) is 6.59. The second-order valence-corrected chi connectivity index (χ2v) is 12.0. The van der Waals surface area contributed by atoms with Crippen LogP contribution < -0.4 is 9.62 Å². The van der Waals surface area contributed by atoms with E-state index in [0.717, 1.165) is 28.3 Å². The number of hydrogen-bond acceptors (Lipinski definition) is 4. The van der Waals surface area contributed by atoms with Gasteiger partial charge in [-0.05, 0) is 74.7 Å². The summed E-state index contributed by atoms with van der Waals surface area (Å²) in [6, 6.07) is 15.8. The Morgan fingerprint density at radius 1 is 1.00 bits per heavy atom. The topological polar surface area (TPSA) is 86.8 Å². The van der Waals surface area contributed by atoms with Gasteiger partial charge >= 0.3 is 0 Å². The quantitative estimate of drug-likeness (QED) is 0.279. The molecule has 0 spiro atoms. The lowest BCUT2D eigenvalue weighted by Gasteiger charge is -2.32. The molecule has 1 N–H and O–H groups in total. The average Bonchev–Trinajstić information content (AvgIpc) is 2.92. The first kappa shape index (κ1) is 31.1. The van der Waals surface area contributed by atoms with Gasteiger partial charge in [0.15, 0.2) is 0 Å². The molecule has 7 nitrogen and oxygen atoms in total. The second-order valence-electron chi connectivity index (χ2n) is 9.73. The number of carbonyl (C=O) groups is 2. The summed E-state index contributed by atoms with van der Waals surface area (Å²) in [6.07, 6.45) is 1.67. The van der Waals surface area contributed by atoms with Crippen LogP contribution in [0.5, 0.6) is 0 Å². The predicted octanol–water partition coefficient (Wildman–Crippen LogP) is 5.62. The van der Waals surface area contributed by atoms with Crippen LogP contribution in [-0.4, -0.2) is 44.3 Å². The first-order valence-electron chi connectivity index (χ1n) is 13.1.